The van der Waals surface area contributed by atoms with E-state index in [1.54, 1.807) is 0 Å². The van der Waals surface area contributed by atoms with Gasteiger partial charge >= 0.3 is 0 Å². The molecular formula is C15H20ClN3. The zero-order valence-corrected chi connectivity index (χ0v) is 12.4. The molecule has 1 aromatic heterocycles. The second kappa shape index (κ2) is 6.22. The first kappa shape index (κ1) is 14.1. The Kier molecular flexibility index (Phi) is 4.61. The summed E-state index contributed by atoms with van der Waals surface area (Å²) in [4.78, 5) is 0. The predicted octanol–water partition coefficient (Wildman–Crippen LogP) is 3.58. The number of nitrogens with zero attached hydrogens (tertiary/aromatic N) is 2. The molecule has 2 rings (SSSR count). The molecule has 1 N–H and O–H groups in total. The van der Waals surface area contributed by atoms with Crippen molar-refractivity contribution in [1.29, 1.82) is 0 Å². The fraction of sp³-hybridized carbons (Fsp3) is 0.400. The summed E-state index contributed by atoms with van der Waals surface area (Å²) < 4.78 is 1.90. The van der Waals surface area contributed by atoms with Gasteiger partial charge < -0.3 is 5.32 Å². The Bertz CT molecular complexity index is 546. The highest BCUT2D eigenvalue weighted by molar-refractivity contribution is 6.30. The minimum atomic E-state index is 0.653. The van der Waals surface area contributed by atoms with Crippen LogP contribution in [0.25, 0.3) is 5.69 Å². The highest BCUT2D eigenvalue weighted by Crippen LogP contribution is 2.18. The Morgan fingerprint density at radius 3 is 2.79 bits per heavy atom. The summed E-state index contributed by atoms with van der Waals surface area (Å²) in [5, 5.41) is 8.73. The number of hydrogen-bond donors (Lipinski definition) is 1. The van der Waals surface area contributed by atoms with Gasteiger partial charge in [-0.1, -0.05) is 25.4 Å². The number of aryl methyl sites for hydroxylation is 1. The Morgan fingerprint density at radius 2 is 2.11 bits per heavy atom. The first-order chi connectivity index (χ1) is 9.06. The van der Waals surface area contributed by atoms with Gasteiger partial charge in [0.2, 0.25) is 0 Å². The molecule has 0 aliphatic heterocycles. The second-order valence-corrected chi connectivity index (χ2v) is 5.64. The molecule has 0 spiro atoms. The number of hydrogen-bond acceptors (Lipinski definition) is 2. The fourth-order valence-electron chi connectivity index (χ4n) is 1.95. The molecular weight excluding hydrogens is 258 g/mol. The lowest BCUT2D eigenvalue weighted by atomic mass is 10.2. The summed E-state index contributed by atoms with van der Waals surface area (Å²) in [5.41, 5.74) is 3.24. The number of aromatic nitrogens is 2. The number of rotatable bonds is 5. The molecule has 0 aliphatic rings. The van der Waals surface area contributed by atoms with Crippen molar-refractivity contribution in [2.75, 3.05) is 6.54 Å². The molecule has 3 nitrogen and oxygen atoms in total. The third kappa shape index (κ3) is 3.82. The smallest absolute Gasteiger partial charge is 0.0766 e. The van der Waals surface area contributed by atoms with Crippen LogP contribution in [0.5, 0.6) is 0 Å². The maximum atomic E-state index is 5.97. The lowest BCUT2D eigenvalue weighted by Crippen LogP contribution is -2.19. The summed E-state index contributed by atoms with van der Waals surface area (Å²) in [6.07, 6.45) is 1.99. The summed E-state index contributed by atoms with van der Waals surface area (Å²) >= 11 is 5.97. The minimum absolute atomic E-state index is 0.653. The molecule has 102 valence electrons. The molecule has 0 saturated carbocycles. The molecule has 1 aromatic carbocycles. The molecule has 0 aliphatic carbocycles. The normalized spacial score (nSPS) is 11.2. The van der Waals surface area contributed by atoms with Crippen LogP contribution < -0.4 is 5.32 Å². The quantitative estimate of drug-likeness (QED) is 0.905. The molecule has 19 heavy (non-hydrogen) atoms. The summed E-state index contributed by atoms with van der Waals surface area (Å²) in [6, 6.07) is 7.88. The highest BCUT2D eigenvalue weighted by Gasteiger charge is 2.04. The third-order valence-electron chi connectivity index (χ3n) is 2.91. The maximum absolute atomic E-state index is 5.97. The van der Waals surface area contributed by atoms with E-state index >= 15 is 0 Å². The van der Waals surface area contributed by atoms with Crippen LogP contribution in [0.15, 0.2) is 30.5 Å². The van der Waals surface area contributed by atoms with Crippen LogP contribution >= 0.6 is 11.6 Å². The van der Waals surface area contributed by atoms with Crippen molar-refractivity contribution in [3.05, 3.63) is 46.7 Å². The molecule has 0 amide bonds. The third-order valence-corrected chi connectivity index (χ3v) is 3.14. The summed E-state index contributed by atoms with van der Waals surface area (Å²) in [5.74, 6) is 0.653. The van der Waals surface area contributed by atoms with Crippen molar-refractivity contribution in [2.24, 2.45) is 5.92 Å². The van der Waals surface area contributed by atoms with Gasteiger partial charge in [0.1, 0.15) is 0 Å². The summed E-state index contributed by atoms with van der Waals surface area (Å²) in [7, 11) is 0. The Hall–Kier alpha value is -1.32. The molecule has 4 heteroatoms. The van der Waals surface area contributed by atoms with Crippen molar-refractivity contribution >= 4 is 11.6 Å². The first-order valence-corrected chi connectivity index (χ1v) is 6.96. The average molecular weight is 278 g/mol. The topological polar surface area (TPSA) is 29.9 Å². The van der Waals surface area contributed by atoms with Crippen molar-refractivity contribution < 1.29 is 0 Å². The van der Waals surface area contributed by atoms with Crippen molar-refractivity contribution in [2.45, 2.75) is 27.3 Å². The monoisotopic (exact) mass is 277 g/mol. The predicted molar refractivity (Wildman–Crippen MR) is 79.9 cm³/mol. The zero-order chi connectivity index (χ0) is 13.8. The molecule has 0 saturated heterocycles. The largest absolute Gasteiger partial charge is 0.311 e. The van der Waals surface area contributed by atoms with E-state index in [0.29, 0.717) is 5.92 Å². The van der Waals surface area contributed by atoms with Gasteiger partial charge in [-0.05, 0) is 49.2 Å². The summed E-state index contributed by atoms with van der Waals surface area (Å²) in [6.45, 7) is 8.25. The fourth-order valence-corrected chi connectivity index (χ4v) is 2.18. The SMILES string of the molecule is Cc1cc(Cl)ccc1-n1ccc(CNCC(C)C)n1. The van der Waals surface area contributed by atoms with Crippen LogP contribution in [0.1, 0.15) is 25.1 Å². The lowest BCUT2D eigenvalue weighted by molar-refractivity contribution is 0.546. The van der Waals surface area contributed by atoms with Gasteiger partial charge in [0.15, 0.2) is 0 Å². The van der Waals surface area contributed by atoms with E-state index in [2.05, 4.69) is 24.3 Å². The first-order valence-electron chi connectivity index (χ1n) is 6.58. The Labute approximate surface area is 119 Å². The Balaban J connectivity index is 2.08. The molecule has 0 unspecified atom stereocenters. The highest BCUT2D eigenvalue weighted by atomic mass is 35.5. The van der Waals surface area contributed by atoms with Gasteiger partial charge in [0.25, 0.3) is 0 Å². The van der Waals surface area contributed by atoms with Gasteiger partial charge in [-0.3, -0.25) is 0 Å². The van der Waals surface area contributed by atoms with Crippen molar-refractivity contribution in [1.82, 2.24) is 15.1 Å². The van der Waals surface area contributed by atoms with Gasteiger partial charge in [0.05, 0.1) is 11.4 Å². The molecule has 0 radical (unpaired) electrons. The molecule has 0 bridgehead atoms. The molecule has 0 atom stereocenters. The zero-order valence-electron chi connectivity index (χ0n) is 11.7. The van der Waals surface area contributed by atoms with Crippen LogP contribution in [0, 0.1) is 12.8 Å². The van der Waals surface area contributed by atoms with Crippen LogP contribution in [0.3, 0.4) is 0 Å². The lowest BCUT2D eigenvalue weighted by Gasteiger charge is -2.07. The molecule has 2 aromatic rings. The van der Waals surface area contributed by atoms with E-state index in [9.17, 15) is 0 Å². The average Bonchev–Trinajstić information content (AvgIpc) is 2.77. The van der Waals surface area contributed by atoms with Crippen LogP contribution in [0.2, 0.25) is 5.02 Å². The van der Waals surface area contributed by atoms with Crippen LogP contribution in [-0.2, 0) is 6.54 Å². The van der Waals surface area contributed by atoms with Crippen molar-refractivity contribution in [3.8, 4) is 5.69 Å². The molecule has 1 heterocycles. The van der Waals surface area contributed by atoms with E-state index in [1.807, 2.05) is 42.1 Å². The van der Waals surface area contributed by atoms with E-state index in [1.165, 1.54) is 0 Å². The maximum Gasteiger partial charge on any atom is 0.0766 e. The van der Waals surface area contributed by atoms with E-state index in [-0.39, 0.29) is 0 Å². The van der Waals surface area contributed by atoms with Crippen LogP contribution in [-0.4, -0.2) is 16.3 Å². The van der Waals surface area contributed by atoms with E-state index in [0.717, 1.165) is 35.1 Å². The van der Waals surface area contributed by atoms with Crippen LogP contribution in [0.4, 0.5) is 0 Å². The molecule has 0 fully saturated rings. The number of benzene rings is 1. The van der Waals surface area contributed by atoms with E-state index in [4.69, 9.17) is 11.6 Å². The van der Waals surface area contributed by atoms with Gasteiger partial charge in [0, 0.05) is 17.8 Å². The van der Waals surface area contributed by atoms with E-state index < -0.39 is 0 Å². The standard InChI is InChI=1S/C15H20ClN3/c1-11(2)9-17-10-14-6-7-19(18-14)15-5-4-13(16)8-12(15)3/h4-8,11,17H,9-10H2,1-3H3. The minimum Gasteiger partial charge on any atom is -0.311 e. The second-order valence-electron chi connectivity index (χ2n) is 5.21. The van der Waals surface area contributed by atoms with Gasteiger partial charge in [-0.2, -0.15) is 5.10 Å². The van der Waals surface area contributed by atoms with Gasteiger partial charge in [-0.25, -0.2) is 4.68 Å². The Morgan fingerprint density at radius 1 is 1.32 bits per heavy atom. The van der Waals surface area contributed by atoms with Gasteiger partial charge in [-0.15, -0.1) is 0 Å². The number of halogens is 1. The number of nitrogens with one attached hydrogen (secondary N) is 1. The van der Waals surface area contributed by atoms with Crippen molar-refractivity contribution in [3.63, 3.8) is 0 Å².